The van der Waals surface area contributed by atoms with E-state index in [1.807, 2.05) is 19.2 Å². The predicted molar refractivity (Wildman–Crippen MR) is 83.6 cm³/mol. The summed E-state index contributed by atoms with van der Waals surface area (Å²) in [6.07, 6.45) is 3.24. The van der Waals surface area contributed by atoms with Crippen LogP contribution in [-0.4, -0.2) is 45.7 Å². The number of nitriles is 1. The highest BCUT2D eigenvalue weighted by atomic mass is 32.2. The van der Waals surface area contributed by atoms with Gasteiger partial charge in [0.05, 0.1) is 17.9 Å². The molecule has 1 aromatic rings. The van der Waals surface area contributed by atoms with Crippen LogP contribution in [0.2, 0.25) is 0 Å². The smallest absolute Gasteiger partial charge is 0.211 e. The molecule has 1 atom stereocenters. The monoisotopic (exact) mass is 307 g/mol. The van der Waals surface area contributed by atoms with E-state index >= 15 is 0 Å². The number of anilines is 1. The zero-order valence-corrected chi connectivity index (χ0v) is 13.3. The lowest BCUT2D eigenvalue weighted by Gasteiger charge is -2.33. The SMILES string of the molecule is CN(CC1CCCN(S(C)(=O)=O)C1)c1ccc(C#N)cc1. The summed E-state index contributed by atoms with van der Waals surface area (Å²) in [6.45, 7) is 2.05. The van der Waals surface area contributed by atoms with E-state index in [1.54, 1.807) is 16.4 Å². The molecule has 2 rings (SSSR count). The molecule has 1 aliphatic heterocycles. The number of benzene rings is 1. The van der Waals surface area contributed by atoms with Crippen LogP contribution in [0.15, 0.2) is 24.3 Å². The van der Waals surface area contributed by atoms with Crippen LogP contribution in [0.25, 0.3) is 0 Å². The van der Waals surface area contributed by atoms with Crippen molar-refractivity contribution in [1.29, 1.82) is 5.26 Å². The Labute approximate surface area is 126 Å². The molecule has 0 spiro atoms. The fourth-order valence-electron chi connectivity index (χ4n) is 2.76. The van der Waals surface area contributed by atoms with Gasteiger partial charge in [0.1, 0.15) is 0 Å². The van der Waals surface area contributed by atoms with Crippen LogP contribution >= 0.6 is 0 Å². The molecule has 0 saturated carbocycles. The summed E-state index contributed by atoms with van der Waals surface area (Å²) in [5.74, 6) is 0.342. The van der Waals surface area contributed by atoms with E-state index in [0.29, 0.717) is 24.6 Å². The van der Waals surface area contributed by atoms with E-state index < -0.39 is 10.0 Å². The van der Waals surface area contributed by atoms with Crippen LogP contribution in [0.3, 0.4) is 0 Å². The molecule has 0 amide bonds. The Bertz CT molecular complexity index is 619. The third kappa shape index (κ3) is 4.19. The van der Waals surface area contributed by atoms with E-state index in [0.717, 1.165) is 25.1 Å². The van der Waals surface area contributed by atoms with Gasteiger partial charge in [-0.2, -0.15) is 5.26 Å². The summed E-state index contributed by atoms with van der Waals surface area (Å²) >= 11 is 0. The molecule has 114 valence electrons. The highest BCUT2D eigenvalue weighted by Gasteiger charge is 2.26. The van der Waals surface area contributed by atoms with Crippen molar-refractivity contribution in [2.75, 3.05) is 37.8 Å². The van der Waals surface area contributed by atoms with Gasteiger partial charge in [-0.1, -0.05) is 0 Å². The van der Waals surface area contributed by atoms with Gasteiger partial charge >= 0.3 is 0 Å². The zero-order chi connectivity index (χ0) is 15.5. The standard InChI is InChI=1S/C15H21N3O2S/c1-17(15-7-5-13(10-16)6-8-15)11-14-4-3-9-18(12-14)21(2,19)20/h5-8,14H,3-4,9,11-12H2,1-2H3. The Morgan fingerprint density at radius 1 is 1.38 bits per heavy atom. The summed E-state index contributed by atoms with van der Waals surface area (Å²) < 4.78 is 24.9. The number of rotatable bonds is 4. The average Bonchev–Trinajstić information content (AvgIpc) is 2.47. The van der Waals surface area contributed by atoms with Crippen molar-refractivity contribution in [2.45, 2.75) is 12.8 Å². The van der Waals surface area contributed by atoms with Crippen LogP contribution in [0.1, 0.15) is 18.4 Å². The fraction of sp³-hybridized carbons (Fsp3) is 0.533. The van der Waals surface area contributed by atoms with E-state index in [-0.39, 0.29) is 0 Å². The molecule has 0 bridgehead atoms. The van der Waals surface area contributed by atoms with E-state index in [2.05, 4.69) is 11.0 Å². The molecular weight excluding hydrogens is 286 g/mol. The Morgan fingerprint density at radius 3 is 2.62 bits per heavy atom. The van der Waals surface area contributed by atoms with E-state index in [9.17, 15) is 8.42 Å². The maximum Gasteiger partial charge on any atom is 0.211 e. The molecule has 1 heterocycles. The normalized spacial score (nSPS) is 20.0. The molecule has 21 heavy (non-hydrogen) atoms. The summed E-state index contributed by atoms with van der Waals surface area (Å²) in [5, 5.41) is 8.81. The second-order valence-corrected chi connectivity index (χ2v) is 7.65. The van der Waals surface area contributed by atoms with E-state index in [1.165, 1.54) is 6.26 Å². The van der Waals surface area contributed by atoms with Crippen LogP contribution in [0.4, 0.5) is 5.69 Å². The third-order valence-corrected chi connectivity index (χ3v) is 5.19. The Hall–Kier alpha value is -1.58. The number of hydrogen-bond acceptors (Lipinski definition) is 4. The molecule has 0 aliphatic carbocycles. The van der Waals surface area contributed by atoms with Crippen molar-refractivity contribution in [3.05, 3.63) is 29.8 Å². The molecule has 1 saturated heterocycles. The van der Waals surface area contributed by atoms with Gasteiger partial charge in [-0.15, -0.1) is 0 Å². The van der Waals surface area contributed by atoms with Crippen LogP contribution < -0.4 is 4.90 Å². The first kappa shape index (κ1) is 15.8. The minimum atomic E-state index is -3.09. The lowest BCUT2D eigenvalue weighted by Crippen LogP contribution is -2.42. The number of nitrogens with zero attached hydrogens (tertiary/aromatic N) is 3. The maximum absolute atomic E-state index is 11.6. The van der Waals surface area contributed by atoms with Crippen LogP contribution in [0.5, 0.6) is 0 Å². The highest BCUT2D eigenvalue weighted by molar-refractivity contribution is 7.88. The van der Waals surface area contributed by atoms with Crippen molar-refractivity contribution in [3.8, 4) is 6.07 Å². The second-order valence-electron chi connectivity index (χ2n) is 5.67. The maximum atomic E-state index is 11.6. The highest BCUT2D eigenvalue weighted by Crippen LogP contribution is 2.22. The molecule has 6 heteroatoms. The molecule has 0 aromatic heterocycles. The van der Waals surface area contributed by atoms with Crippen molar-refractivity contribution in [2.24, 2.45) is 5.92 Å². The summed E-state index contributed by atoms with van der Waals surface area (Å²) in [7, 11) is -1.09. The molecule has 1 aromatic carbocycles. The first-order chi connectivity index (χ1) is 9.90. The predicted octanol–water partition coefficient (Wildman–Crippen LogP) is 1.67. The molecule has 5 nitrogen and oxygen atoms in total. The summed E-state index contributed by atoms with van der Waals surface area (Å²) in [4.78, 5) is 2.12. The Kier molecular flexibility index (Phi) is 4.86. The molecule has 1 unspecified atom stereocenters. The Morgan fingerprint density at radius 2 is 2.05 bits per heavy atom. The van der Waals surface area contributed by atoms with E-state index in [4.69, 9.17) is 5.26 Å². The number of hydrogen-bond donors (Lipinski definition) is 0. The zero-order valence-electron chi connectivity index (χ0n) is 12.5. The van der Waals surface area contributed by atoms with Crippen LogP contribution in [0, 0.1) is 17.2 Å². The van der Waals surface area contributed by atoms with Gasteiger partial charge in [-0.25, -0.2) is 12.7 Å². The van der Waals surface area contributed by atoms with Crippen molar-refractivity contribution < 1.29 is 8.42 Å². The second kappa shape index (κ2) is 6.46. The number of sulfonamides is 1. The topological polar surface area (TPSA) is 64.4 Å². The minimum absolute atomic E-state index is 0.342. The largest absolute Gasteiger partial charge is 0.374 e. The van der Waals surface area contributed by atoms with Gasteiger partial charge in [0.25, 0.3) is 0 Å². The molecule has 1 aliphatic rings. The first-order valence-electron chi connectivity index (χ1n) is 7.06. The molecular formula is C15H21N3O2S. The average molecular weight is 307 g/mol. The van der Waals surface area contributed by atoms with Gasteiger partial charge < -0.3 is 4.90 Å². The fourth-order valence-corrected chi connectivity index (χ4v) is 3.70. The van der Waals surface area contributed by atoms with Gasteiger partial charge in [0.15, 0.2) is 0 Å². The quantitative estimate of drug-likeness (QED) is 0.849. The first-order valence-corrected chi connectivity index (χ1v) is 8.91. The third-order valence-electron chi connectivity index (χ3n) is 3.92. The van der Waals surface area contributed by atoms with Crippen LogP contribution in [-0.2, 0) is 10.0 Å². The lowest BCUT2D eigenvalue weighted by atomic mass is 9.99. The van der Waals surface area contributed by atoms with Gasteiger partial charge in [-0.3, -0.25) is 0 Å². The Balaban J connectivity index is 1.98. The molecule has 0 radical (unpaired) electrons. The van der Waals surface area contributed by atoms with Gasteiger partial charge in [-0.05, 0) is 43.0 Å². The molecule has 0 N–H and O–H groups in total. The minimum Gasteiger partial charge on any atom is -0.374 e. The lowest BCUT2D eigenvalue weighted by molar-refractivity contribution is 0.271. The van der Waals surface area contributed by atoms with Crippen molar-refractivity contribution in [1.82, 2.24) is 4.31 Å². The molecule has 1 fully saturated rings. The number of piperidine rings is 1. The van der Waals surface area contributed by atoms with Gasteiger partial charge in [0, 0.05) is 32.4 Å². The van der Waals surface area contributed by atoms with Gasteiger partial charge in [0.2, 0.25) is 10.0 Å². The van der Waals surface area contributed by atoms with Crippen molar-refractivity contribution in [3.63, 3.8) is 0 Å². The summed E-state index contributed by atoms with van der Waals surface area (Å²) in [6, 6.07) is 9.56. The summed E-state index contributed by atoms with van der Waals surface area (Å²) in [5.41, 5.74) is 1.69. The van der Waals surface area contributed by atoms with Crippen molar-refractivity contribution >= 4 is 15.7 Å².